The van der Waals surface area contributed by atoms with Gasteiger partial charge in [-0.15, -0.1) is 10.2 Å². The standard InChI is InChI=1S/C24H22N4O3/c1-2-30-20-16-10-9-15-19(20)25-24(29)26-21(17-11-5-3-6-12-17)23-28-27-22(31-23)18-13-7-4-8-14-18/h3-16,21H,2H2,1H3,(H2,25,26,29)/t21-/m1/s1. The minimum Gasteiger partial charge on any atom is -0.492 e. The smallest absolute Gasteiger partial charge is 0.320 e. The van der Waals surface area contributed by atoms with Crippen LogP contribution in [0.4, 0.5) is 10.5 Å². The topological polar surface area (TPSA) is 89.3 Å². The molecule has 31 heavy (non-hydrogen) atoms. The van der Waals surface area contributed by atoms with Gasteiger partial charge in [0.2, 0.25) is 11.8 Å². The number of carbonyl (C=O) groups excluding carboxylic acids is 1. The number of benzene rings is 3. The quantitative estimate of drug-likeness (QED) is 0.442. The molecule has 0 radical (unpaired) electrons. The maximum absolute atomic E-state index is 12.8. The third-order valence-electron chi connectivity index (χ3n) is 4.55. The summed E-state index contributed by atoms with van der Waals surface area (Å²) in [5.41, 5.74) is 2.20. The first kappa shape index (κ1) is 20.2. The van der Waals surface area contributed by atoms with Gasteiger partial charge >= 0.3 is 6.03 Å². The molecule has 156 valence electrons. The number of rotatable bonds is 7. The molecule has 2 N–H and O–H groups in total. The van der Waals surface area contributed by atoms with E-state index in [9.17, 15) is 4.79 Å². The Kier molecular flexibility index (Phi) is 6.23. The molecule has 3 aromatic carbocycles. The Labute approximate surface area is 180 Å². The van der Waals surface area contributed by atoms with Crippen molar-refractivity contribution in [1.29, 1.82) is 0 Å². The number of hydrogen-bond acceptors (Lipinski definition) is 5. The third kappa shape index (κ3) is 4.90. The van der Waals surface area contributed by atoms with Crippen LogP contribution in [-0.2, 0) is 0 Å². The number of ether oxygens (including phenoxy) is 1. The Hall–Kier alpha value is -4.13. The van der Waals surface area contributed by atoms with Gasteiger partial charge in [-0.2, -0.15) is 0 Å². The predicted octanol–water partition coefficient (Wildman–Crippen LogP) is 5.05. The van der Waals surface area contributed by atoms with Crippen LogP contribution in [0.1, 0.15) is 24.4 Å². The second kappa shape index (κ2) is 9.58. The van der Waals surface area contributed by atoms with Crippen LogP contribution < -0.4 is 15.4 Å². The van der Waals surface area contributed by atoms with Crippen LogP contribution in [0.15, 0.2) is 89.3 Å². The van der Waals surface area contributed by atoms with Crippen LogP contribution in [0.2, 0.25) is 0 Å². The highest BCUT2D eigenvalue weighted by Gasteiger charge is 2.24. The zero-order valence-corrected chi connectivity index (χ0v) is 17.0. The lowest BCUT2D eigenvalue weighted by atomic mass is 10.1. The molecule has 0 saturated heterocycles. The maximum Gasteiger partial charge on any atom is 0.320 e. The zero-order chi connectivity index (χ0) is 21.5. The van der Waals surface area contributed by atoms with Gasteiger partial charge in [0.1, 0.15) is 11.8 Å². The first-order valence-corrected chi connectivity index (χ1v) is 9.97. The fourth-order valence-corrected chi connectivity index (χ4v) is 3.12. The first-order chi connectivity index (χ1) is 15.2. The number of hydrogen-bond donors (Lipinski definition) is 2. The average molecular weight is 414 g/mol. The van der Waals surface area contributed by atoms with Gasteiger partial charge in [-0.25, -0.2) is 4.79 Å². The molecule has 1 heterocycles. The molecule has 1 aromatic heterocycles. The average Bonchev–Trinajstić information content (AvgIpc) is 3.30. The molecule has 7 nitrogen and oxygen atoms in total. The summed E-state index contributed by atoms with van der Waals surface area (Å²) >= 11 is 0. The third-order valence-corrected chi connectivity index (χ3v) is 4.55. The Balaban J connectivity index is 1.58. The van der Waals surface area contributed by atoms with Crippen LogP contribution in [-0.4, -0.2) is 22.8 Å². The van der Waals surface area contributed by atoms with Gasteiger partial charge in [-0.1, -0.05) is 60.7 Å². The highest BCUT2D eigenvalue weighted by molar-refractivity contribution is 5.91. The number of urea groups is 1. The Bertz CT molecular complexity index is 1130. The van der Waals surface area contributed by atoms with Crippen LogP contribution in [0.25, 0.3) is 11.5 Å². The van der Waals surface area contributed by atoms with E-state index in [0.29, 0.717) is 29.8 Å². The number of nitrogens with zero attached hydrogens (tertiary/aromatic N) is 2. The summed E-state index contributed by atoms with van der Waals surface area (Å²) < 4.78 is 11.5. The van der Waals surface area contributed by atoms with E-state index in [-0.39, 0.29) is 0 Å². The molecule has 0 aliphatic carbocycles. The fraction of sp³-hybridized carbons (Fsp3) is 0.125. The molecular weight excluding hydrogens is 392 g/mol. The van der Waals surface area contributed by atoms with Crippen molar-refractivity contribution in [2.24, 2.45) is 0 Å². The Morgan fingerprint density at radius 2 is 1.61 bits per heavy atom. The van der Waals surface area contributed by atoms with Crippen molar-refractivity contribution in [2.45, 2.75) is 13.0 Å². The maximum atomic E-state index is 12.8. The molecule has 0 aliphatic heterocycles. The normalized spacial score (nSPS) is 11.5. The summed E-state index contributed by atoms with van der Waals surface area (Å²) in [6.07, 6.45) is 0. The van der Waals surface area contributed by atoms with Gasteiger partial charge in [0.25, 0.3) is 0 Å². The molecule has 1 atom stereocenters. The highest BCUT2D eigenvalue weighted by atomic mass is 16.5. The summed E-state index contributed by atoms with van der Waals surface area (Å²) in [6.45, 7) is 2.39. The number of anilines is 1. The van der Waals surface area contributed by atoms with Crippen molar-refractivity contribution < 1.29 is 13.9 Å². The largest absolute Gasteiger partial charge is 0.492 e. The minimum atomic E-state index is -0.620. The lowest BCUT2D eigenvalue weighted by Crippen LogP contribution is -2.33. The summed E-state index contributed by atoms with van der Waals surface area (Å²) in [6, 6.07) is 25.2. The van der Waals surface area contributed by atoms with E-state index >= 15 is 0 Å². The molecule has 4 aromatic rings. The molecule has 2 amide bonds. The molecule has 0 saturated carbocycles. The number of amides is 2. The Morgan fingerprint density at radius 3 is 2.35 bits per heavy atom. The van der Waals surface area contributed by atoms with E-state index in [2.05, 4.69) is 20.8 Å². The van der Waals surface area contributed by atoms with Crippen LogP contribution in [0.5, 0.6) is 5.75 Å². The van der Waals surface area contributed by atoms with E-state index in [1.54, 1.807) is 12.1 Å². The van der Waals surface area contributed by atoms with Gasteiger partial charge in [-0.05, 0) is 36.8 Å². The minimum absolute atomic E-state index is 0.290. The van der Waals surface area contributed by atoms with Gasteiger partial charge < -0.3 is 19.8 Å². The molecule has 7 heteroatoms. The molecule has 4 rings (SSSR count). The number of nitrogens with one attached hydrogen (secondary N) is 2. The first-order valence-electron chi connectivity index (χ1n) is 9.97. The van der Waals surface area contributed by atoms with Crippen LogP contribution in [0, 0.1) is 0 Å². The van der Waals surface area contributed by atoms with Crippen molar-refractivity contribution >= 4 is 11.7 Å². The SMILES string of the molecule is CCOc1ccccc1NC(=O)N[C@H](c1ccccc1)c1nnc(-c2ccccc2)o1. The van der Waals surface area contributed by atoms with Crippen molar-refractivity contribution in [3.63, 3.8) is 0 Å². The number of para-hydroxylation sites is 2. The lowest BCUT2D eigenvalue weighted by Gasteiger charge is -2.17. The fourth-order valence-electron chi connectivity index (χ4n) is 3.12. The molecule has 0 unspecified atom stereocenters. The monoisotopic (exact) mass is 414 g/mol. The Morgan fingerprint density at radius 1 is 0.935 bits per heavy atom. The summed E-state index contributed by atoms with van der Waals surface area (Å²) in [5, 5.41) is 14.1. The molecule has 0 aliphatic rings. The molecule has 0 bridgehead atoms. The zero-order valence-electron chi connectivity index (χ0n) is 17.0. The highest BCUT2D eigenvalue weighted by Crippen LogP contribution is 2.26. The van der Waals surface area contributed by atoms with Crippen molar-refractivity contribution in [3.05, 3.63) is 96.4 Å². The van der Waals surface area contributed by atoms with Crippen molar-refractivity contribution in [3.8, 4) is 17.2 Å². The van der Waals surface area contributed by atoms with Gasteiger partial charge in [0, 0.05) is 5.56 Å². The van der Waals surface area contributed by atoms with E-state index in [1.807, 2.05) is 79.7 Å². The molecule has 0 fully saturated rings. The molecule has 0 spiro atoms. The predicted molar refractivity (Wildman–Crippen MR) is 118 cm³/mol. The van der Waals surface area contributed by atoms with Crippen molar-refractivity contribution in [1.82, 2.24) is 15.5 Å². The molecular formula is C24H22N4O3. The van der Waals surface area contributed by atoms with Gasteiger partial charge in [-0.3, -0.25) is 0 Å². The van der Waals surface area contributed by atoms with Crippen LogP contribution in [0.3, 0.4) is 0 Å². The van der Waals surface area contributed by atoms with E-state index in [1.165, 1.54) is 0 Å². The number of aromatic nitrogens is 2. The van der Waals surface area contributed by atoms with E-state index in [0.717, 1.165) is 11.1 Å². The van der Waals surface area contributed by atoms with Gasteiger partial charge in [0.15, 0.2) is 0 Å². The lowest BCUT2D eigenvalue weighted by molar-refractivity contribution is 0.248. The number of carbonyl (C=O) groups is 1. The van der Waals surface area contributed by atoms with Gasteiger partial charge in [0.05, 0.1) is 12.3 Å². The van der Waals surface area contributed by atoms with Crippen LogP contribution >= 0.6 is 0 Å². The second-order valence-electron chi connectivity index (χ2n) is 6.68. The second-order valence-corrected chi connectivity index (χ2v) is 6.68. The van der Waals surface area contributed by atoms with Crippen molar-refractivity contribution in [2.75, 3.05) is 11.9 Å². The van der Waals surface area contributed by atoms with E-state index in [4.69, 9.17) is 9.15 Å². The van der Waals surface area contributed by atoms with E-state index < -0.39 is 12.1 Å². The summed E-state index contributed by atoms with van der Waals surface area (Å²) in [5.74, 6) is 1.28. The summed E-state index contributed by atoms with van der Waals surface area (Å²) in [7, 11) is 0. The summed E-state index contributed by atoms with van der Waals surface area (Å²) in [4.78, 5) is 12.8.